The first-order chi connectivity index (χ1) is 13.2. The Hall–Kier alpha value is -3.08. The van der Waals surface area contributed by atoms with E-state index in [2.05, 4.69) is 22.0 Å². The first-order valence-electron chi connectivity index (χ1n) is 9.21. The Bertz CT molecular complexity index is 905. The van der Waals surface area contributed by atoms with Crippen molar-refractivity contribution in [3.8, 4) is 0 Å². The lowest BCUT2D eigenvalue weighted by Crippen LogP contribution is -2.47. The molecule has 0 bridgehead atoms. The number of carbonyl (C=O) groups excluding carboxylic acids is 1. The molecule has 1 atom stereocenters. The highest BCUT2D eigenvalue weighted by Gasteiger charge is 2.31. The monoisotopic (exact) mass is 363 g/mol. The van der Waals surface area contributed by atoms with Crippen molar-refractivity contribution in [1.29, 1.82) is 0 Å². The average Bonchev–Trinajstić information content (AvgIpc) is 3.17. The van der Waals surface area contributed by atoms with E-state index in [-0.39, 0.29) is 17.9 Å². The van der Waals surface area contributed by atoms with Crippen molar-refractivity contribution < 1.29 is 9.18 Å². The van der Waals surface area contributed by atoms with Gasteiger partial charge in [-0.2, -0.15) is 0 Å². The molecule has 0 saturated heterocycles. The summed E-state index contributed by atoms with van der Waals surface area (Å²) in [7, 11) is 0. The molecule has 4 rings (SSSR count). The Labute approximate surface area is 158 Å². The SMILES string of the molecule is O=C(NCCc1ccccc1)N1CCn2cccc2[C@@H]1c1ccc(F)cc1. The van der Waals surface area contributed by atoms with E-state index < -0.39 is 0 Å². The average molecular weight is 363 g/mol. The summed E-state index contributed by atoms with van der Waals surface area (Å²) in [6.07, 6.45) is 2.81. The molecular weight excluding hydrogens is 341 g/mol. The van der Waals surface area contributed by atoms with Crippen molar-refractivity contribution in [2.24, 2.45) is 0 Å². The van der Waals surface area contributed by atoms with E-state index >= 15 is 0 Å². The van der Waals surface area contributed by atoms with Crippen molar-refractivity contribution >= 4 is 6.03 Å². The predicted molar refractivity (Wildman–Crippen MR) is 103 cm³/mol. The number of amides is 2. The number of hydrogen-bond donors (Lipinski definition) is 1. The molecule has 5 heteroatoms. The van der Waals surface area contributed by atoms with E-state index in [0.717, 1.165) is 24.2 Å². The van der Waals surface area contributed by atoms with Crippen LogP contribution in [0.2, 0.25) is 0 Å². The molecule has 0 fully saturated rings. The summed E-state index contributed by atoms with van der Waals surface area (Å²) in [5.41, 5.74) is 3.15. The molecular formula is C22H22FN3O. The van der Waals surface area contributed by atoms with Gasteiger partial charge >= 0.3 is 6.03 Å². The number of nitrogens with zero attached hydrogens (tertiary/aromatic N) is 2. The van der Waals surface area contributed by atoms with Crippen LogP contribution in [0, 0.1) is 5.82 Å². The van der Waals surface area contributed by atoms with Crippen molar-refractivity contribution in [2.75, 3.05) is 13.1 Å². The van der Waals surface area contributed by atoms with Crippen LogP contribution in [0.5, 0.6) is 0 Å². The van der Waals surface area contributed by atoms with Crippen LogP contribution in [0.15, 0.2) is 72.9 Å². The van der Waals surface area contributed by atoms with Gasteiger partial charge in [0.2, 0.25) is 0 Å². The minimum atomic E-state index is -0.274. The largest absolute Gasteiger partial charge is 0.348 e. The van der Waals surface area contributed by atoms with E-state index in [1.807, 2.05) is 41.4 Å². The minimum absolute atomic E-state index is 0.0901. The topological polar surface area (TPSA) is 37.3 Å². The van der Waals surface area contributed by atoms with Gasteiger partial charge in [-0.25, -0.2) is 9.18 Å². The third-order valence-electron chi connectivity index (χ3n) is 5.02. The van der Waals surface area contributed by atoms with Crippen molar-refractivity contribution in [1.82, 2.24) is 14.8 Å². The zero-order valence-electron chi connectivity index (χ0n) is 15.0. The van der Waals surface area contributed by atoms with Crippen LogP contribution in [0.1, 0.15) is 22.9 Å². The van der Waals surface area contributed by atoms with E-state index in [1.165, 1.54) is 17.7 Å². The van der Waals surface area contributed by atoms with Crippen LogP contribution in [-0.2, 0) is 13.0 Å². The molecule has 138 valence electrons. The third kappa shape index (κ3) is 3.72. The lowest BCUT2D eigenvalue weighted by Gasteiger charge is -2.37. The van der Waals surface area contributed by atoms with Crippen LogP contribution in [0.4, 0.5) is 9.18 Å². The molecule has 0 radical (unpaired) electrons. The number of aromatic nitrogens is 1. The van der Waals surface area contributed by atoms with Crippen molar-refractivity contribution in [3.05, 3.63) is 95.6 Å². The molecule has 0 aliphatic carbocycles. The van der Waals surface area contributed by atoms with Gasteiger partial charge in [0.1, 0.15) is 5.82 Å². The highest BCUT2D eigenvalue weighted by molar-refractivity contribution is 5.75. The second kappa shape index (κ2) is 7.66. The number of fused-ring (bicyclic) bond motifs is 1. The van der Waals surface area contributed by atoms with Crippen LogP contribution >= 0.6 is 0 Å². The minimum Gasteiger partial charge on any atom is -0.348 e. The quantitative estimate of drug-likeness (QED) is 0.748. The summed E-state index contributed by atoms with van der Waals surface area (Å²) < 4.78 is 15.5. The Morgan fingerprint density at radius 2 is 1.78 bits per heavy atom. The number of rotatable bonds is 4. The molecule has 0 saturated carbocycles. The normalized spacial score (nSPS) is 16.0. The molecule has 1 N–H and O–H groups in total. The van der Waals surface area contributed by atoms with Crippen molar-refractivity contribution in [2.45, 2.75) is 19.0 Å². The Balaban J connectivity index is 1.51. The highest BCUT2D eigenvalue weighted by atomic mass is 19.1. The first-order valence-corrected chi connectivity index (χ1v) is 9.21. The van der Waals surface area contributed by atoms with Crippen LogP contribution in [-0.4, -0.2) is 28.6 Å². The Morgan fingerprint density at radius 1 is 1.00 bits per heavy atom. The first kappa shape index (κ1) is 17.3. The zero-order chi connectivity index (χ0) is 18.6. The summed E-state index contributed by atoms with van der Waals surface area (Å²) in [6, 6.07) is 20.2. The molecule has 2 amide bonds. The number of urea groups is 1. The molecule has 1 aliphatic heterocycles. The van der Waals surface area contributed by atoms with Crippen LogP contribution in [0.25, 0.3) is 0 Å². The van der Waals surface area contributed by atoms with Crippen molar-refractivity contribution in [3.63, 3.8) is 0 Å². The summed E-state index contributed by atoms with van der Waals surface area (Å²) in [6.45, 7) is 1.95. The van der Waals surface area contributed by atoms with Gasteiger partial charge in [-0.05, 0) is 41.8 Å². The van der Waals surface area contributed by atoms with Crippen LogP contribution in [0.3, 0.4) is 0 Å². The van der Waals surface area contributed by atoms with Gasteiger partial charge < -0.3 is 14.8 Å². The summed E-state index contributed by atoms with van der Waals surface area (Å²) in [5.74, 6) is -0.274. The Kier molecular flexibility index (Phi) is 4.92. The van der Waals surface area contributed by atoms with Gasteiger partial charge in [-0.3, -0.25) is 0 Å². The fourth-order valence-corrected chi connectivity index (χ4v) is 3.66. The van der Waals surface area contributed by atoms with E-state index in [1.54, 1.807) is 12.1 Å². The van der Waals surface area contributed by atoms with Gasteiger partial charge in [0.25, 0.3) is 0 Å². The maximum Gasteiger partial charge on any atom is 0.318 e. The van der Waals surface area contributed by atoms with Gasteiger partial charge in [0.15, 0.2) is 0 Å². The maximum atomic E-state index is 13.4. The fourth-order valence-electron chi connectivity index (χ4n) is 3.66. The third-order valence-corrected chi connectivity index (χ3v) is 5.02. The predicted octanol–water partition coefficient (Wildman–Crippen LogP) is 3.98. The molecule has 3 aromatic rings. The second-order valence-corrected chi connectivity index (χ2v) is 6.74. The molecule has 0 unspecified atom stereocenters. The van der Waals surface area contributed by atoms with Gasteiger partial charge in [-0.15, -0.1) is 0 Å². The summed E-state index contributed by atoms with van der Waals surface area (Å²) in [4.78, 5) is 14.7. The lowest BCUT2D eigenvalue weighted by atomic mass is 10.0. The molecule has 2 heterocycles. The number of halogens is 1. The molecule has 0 spiro atoms. The van der Waals surface area contributed by atoms with E-state index in [0.29, 0.717) is 13.1 Å². The molecule has 4 nitrogen and oxygen atoms in total. The number of benzene rings is 2. The Morgan fingerprint density at radius 3 is 2.56 bits per heavy atom. The van der Waals surface area contributed by atoms with Gasteiger partial charge in [0.05, 0.1) is 6.04 Å². The standard InChI is InChI=1S/C22H22FN3O/c23-19-10-8-18(9-11-19)21-20-7-4-14-25(20)15-16-26(21)22(27)24-13-12-17-5-2-1-3-6-17/h1-11,14,21H,12-13,15-16H2,(H,24,27)/t21-/m0/s1. The summed E-state index contributed by atoms with van der Waals surface area (Å²) in [5, 5.41) is 3.04. The smallest absolute Gasteiger partial charge is 0.318 e. The number of hydrogen-bond acceptors (Lipinski definition) is 1. The molecule has 27 heavy (non-hydrogen) atoms. The zero-order valence-corrected chi connectivity index (χ0v) is 15.0. The maximum absolute atomic E-state index is 13.4. The molecule has 1 aromatic heterocycles. The number of nitrogens with one attached hydrogen (secondary N) is 1. The molecule has 2 aromatic carbocycles. The van der Waals surface area contributed by atoms with E-state index in [9.17, 15) is 9.18 Å². The summed E-state index contributed by atoms with van der Waals surface area (Å²) >= 11 is 0. The number of carbonyl (C=O) groups is 1. The van der Waals surface area contributed by atoms with Gasteiger partial charge in [0, 0.05) is 31.5 Å². The second-order valence-electron chi connectivity index (χ2n) is 6.74. The van der Waals surface area contributed by atoms with Crippen LogP contribution < -0.4 is 5.32 Å². The lowest BCUT2D eigenvalue weighted by molar-refractivity contribution is 0.169. The van der Waals surface area contributed by atoms with E-state index in [4.69, 9.17) is 0 Å². The molecule has 1 aliphatic rings. The highest BCUT2D eigenvalue weighted by Crippen LogP contribution is 2.32. The van der Waals surface area contributed by atoms with Gasteiger partial charge in [-0.1, -0.05) is 42.5 Å². The fraction of sp³-hybridized carbons (Fsp3) is 0.227.